The average molecular weight is 367 g/mol. The Morgan fingerprint density at radius 1 is 1.15 bits per heavy atom. The second kappa shape index (κ2) is 7.65. The molecule has 2 aliphatic rings. The summed E-state index contributed by atoms with van der Waals surface area (Å²) in [6, 6.07) is 9.18. The van der Waals surface area contributed by atoms with Crippen LogP contribution in [0.25, 0.3) is 0 Å². The van der Waals surface area contributed by atoms with Crippen molar-refractivity contribution in [3.63, 3.8) is 0 Å². The summed E-state index contributed by atoms with van der Waals surface area (Å²) in [6.07, 6.45) is 4.55. The number of ether oxygens (including phenoxy) is 2. The van der Waals surface area contributed by atoms with E-state index in [2.05, 4.69) is 10.3 Å². The molecule has 1 aromatic heterocycles. The minimum absolute atomic E-state index is 0.0256. The van der Waals surface area contributed by atoms with Gasteiger partial charge in [-0.2, -0.15) is 0 Å². The van der Waals surface area contributed by atoms with E-state index >= 15 is 0 Å². The molecule has 2 aliphatic heterocycles. The van der Waals surface area contributed by atoms with Gasteiger partial charge in [-0.05, 0) is 42.7 Å². The van der Waals surface area contributed by atoms with Crippen LogP contribution in [-0.2, 0) is 11.3 Å². The van der Waals surface area contributed by atoms with Crippen LogP contribution in [-0.4, -0.2) is 41.6 Å². The van der Waals surface area contributed by atoms with Crippen molar-refractivity contribution >= 4 is 11.8 Å². The topological polar surface area (TPSA) is 80.8 Å². The lowest BCUT2D eigenvalue weighted by Crippen LogP contribution is -2.42. The zero-order valence-electron chi connectivity index (χ0n) is 14.9. The van der Waals surface area contributed by atoms with Crippen molar-refractivity contribution in [3.05, 3.63) is 53.9 Å². The monoisotopic (exact) mass is 367 g/mol. The molecular formula is C20H21N3O4. The van der Waals surface area contributed by atoms with Gasteiger partial charge in [0.05, 0.1) is 5.56 Å². The number of benzene rings is 1. The number of fused-ring (bicyclic) bond motifs is 1. The Bertz CT molecular complexity index is 832. The molecule has 1 saturated heterocycles. The smallest absolute Gasteiger partial charge is 0.255 e. The van der Waals surface area contributed by atoms with E-state index in [9.17, 15) is 9.59 Å². The fourth-order valence-corrected chi connectivity index (χ4v) is 3.40. The maximum Gasteiger partial charge on any atom is 0.255 e. The highest BCUT2D eigenvalue weighted by Gasteiger charge is 2.27. The lowest BCUT2D eigenvalue weighted by Gasteiger charge is -2.31. The molecule has 7 heteroatoms. The van der Waals surface area contributed by atoms with Gasteiger partial charge < -0.3 is 19.7 Å². The van der Waals surface area contributed by atoms with Crippen LogP contribution < -0.4 is 14.8 Å². The van der Waals surface area contributed by atoms with E-state index < -0.39 is 0 Å². The summed E-state index contributed by atoms with van der Waals surface area (Å²) in [4.78, 5) is 30.7. The highest BCUT2D eigenvalue weighted by molar-refractivity contribution is 5.94. The van der Waals surface area contributed by atoms with Crippen LogP contribution >= 0.6 is 0 Å². The van der Waals surface area contributed by atoms with Crippen LogP contribution in [0.2, 0.25) is 0 Å². The van der Waals surface area contributed by atoms with Crippen molar-refractivity contribution in [3.8, 4) is 11.5 Å². The van der Waals surface area contributed by atoms with Crippen LogP contribution in [0.4, 0.5) is 0 Å². The fraction of sp³-hybridized carbons (Fsp3) is 0.350. The Hall–Kier alpha value is -3.09. The lowest BCUT2D eigenvalue weighted by molar-refractivity contribution is -0.126. The number of piperidine rings is 1. The van der Waals surface area contributed by atoms with Gasteiger partial charge in [-0.15, -0.1) is 0 Å². The van der Waals surface area contributed by atoms with Gasteiger partial charge in [0.25, 0.3) is 5.91 Å². The van der Waals surface area contributed by atoms with Crippen molar-refractivity contribution in [2.45, 2.75) is 19.4 Å². The predicted octanol–water partition coefficient (Wildman–Crippen LogP) is 1.98. The number of pyridine rings is 1. The van der Waals surface area contributed by atoms with Gasteiger partial charge in [0, 0.05) is 37.9 Å². The number of nitrogens with zero attached hydrogens (tertiary/aromatic N) is 2. The second-order valence-corrected chi connectivity index (χ2v) is 6.71. The number of hydrogen-bond acceptors (Lipinski definition) is 5. The largest absolute Gasteiger partial charge is 0.454 e. The Labute approximate surface area is 157 Å². The molecule has 140 valence electrons. The Morgan fingerprint density at radius 3 is 2.74 bits per heavy atom. The number of amides is 2. The van der Waals surface area contributed by atoms with Gasteiger partial charge in [0.2, 0.25) is 12.7 Å². The first-order chi connectivity index (χ1) is 13.2. The number of aromatic nitrogens is 1. The summed E-state index contributed by atoms with van der Waals surface area (Å²) in [7, 11) is 0. The number of likely N-dealkylation sites (tertiary alicyclic amines) is 1. The number of hydrogen-bond donors (Lipinski definition) is 1. The SMILES string of the molecule is O=C(NCc1ccc2c(c1)OCO2)C1CCN(C(=O)c2cccnc2)CC1. The summed E-state index contributed by atoms with van der Waals surface area (Å²) < 4.78 is 10.6. The third-order valence-corrected chi connectivity index (χ3v) is 4.97. The Morgan fingerprint density at radius 2 is 1.96 bits per heavy atom. The molecule has 1 N–H and O–H groups in total. The molecule has 0 unspecified atom stereocenters. The van der Waals surface area contributed by atoms with E-state index in [0.717, 1.165) is 11.3 Å². The maximum absolute atomic E-state index is 12.5. The third kappa shape index (κ3) is 3.86. The van der Waals surface area contributed by atoms with Gasteiger partial charge in [0.1, 0.15) is 0 Å². The molecule has 0 aliphatic carbocycles. The molecule has 2 amide bonds. The van der Waals surface area contributed by atoms with Crippen LogP contribution in [0.3, 0.4) is 0 Å². The molecule has 1 aromatic carbocycles. The van der Waals surface area contributed by atoms with Gasteiger partial charge in [0.15, 0.2) is 11.5 Å². The van der Waals surface area contributed by atoms with Crippen LogP contribution in [0, 0.1) is 5.92 Å². The molecule has 27 heavy (non-hydrogen) atoms. The molecular weight excluding hydrogens is 346 g/mol. The first-order valence-electron chi connectivity index (χ1n) is 9.06. The summed E-state index contributed by atoms with van der Waals surface area (Å²) in [5.74, 6) is 1.38. The third-order valence-electron chi connectivity index (χ3n) is 4.97. The number of nitrogens with one attached hydrogen (secondary N) is 1. The summed E-state index contributed by atoms with van der Waals surface area (Å²) >= 11 is 0. The molecule has 4 rings (SSSR count). The normalized spacial score (nSPS) is 16.2. The molecule has 0 bridgehead atoms. The van der Waals surface area contributed by atoms with Crippen molar-refractivity contribution in [2.75, 3.05) is 19.9 Å². The quantitative estimate of drug-likeness (QED) is 0.894. The summed E-state index contributed by atoms with van der Waals surface area (Å²) in [5.41, 5.74) is 1.56. The minimum atomic E-state index is -0.0723. The first-order valence-corrected chi connectivity index (χ1v) is 9.06. The van der Waals surface area contributed by atoms with Crippen LogP contribution in [0.15, 0.2) is 42.7 Å². The van der Waals surface area contributed by atoms with Crippen molar-refractivity contribution in [1.29, 1.82) is 0 Å². The van der Waals surface area contributed by atoms with E-state index in [1.54, 1.807) is 29.4 Å². The van der Waals surface area contributed by atoms with Crippen molar-refractivity contribution in [2.24, 2.45) is 5.92 Å². The molecule has 1 fully saturated rings. The number of carbonyl (C=O) groups excluding carboxylic acids is 2. The van der Waals surface area contributed by atoms with Gasteiger partial charge in [-0.1, -0.05) is 6.07 Å². The lowest BCUT2D eigenvalue weighted by atomic mass is 9.95. The predicted molar refractivity (Wildman–Crippen MR) is 97.3 cm³/mol. The Balaban J connectivity index is 1.27. The van der Waals surface area contributed by atoms with Gasteiger partial charge in [-0.3, -0.25) is 14.6 Å². The maximum atomic E-state index is 12.5. The van der Waals surface area contributed by atoms with E-state index in [1.807, 2.05) is 18.2 Å². The summed E-state index contributed by atoms with van der Waals surface area (Å²) in [5, 5.41) is 2.99. The Kier molecular flexibility index (Phi) is 4.91. The molecule has 0 spiro atoms. The molecule has 7 nitrogen and oxygen atoms in total. The molecule has 3 heterocycles. The van der Waals surface area contributed by atoms with Crippen LogP contribution in [0.1, 0.15) is 28.8 Å². The highest BCUT2D eigenvalue weighted by Crippen LogP contribution is 2.32. The summed E-state index contributed by atoms with van der Waals surface area (Å²) in [6.45, 7) is 1.84. The zero-order chi connectivity index (χ0) is 18.6. The van der Waals surface area contributed by atoms with E-state index in [1.165, 1.54) is 0 Å². The number of carbonyl (C=O) groups is 2. The fourth-order valence-electron chi connectivity index (χ4n) is 3.40. The minimum Gasteiger partial charge on any atom is -0.454 e. The second-order valence-electron chi connectivity index (χ2n) is 6.71. The first kappa shape index (κ1) is 17.3. The standard InChI is InChI=1S/C20H21N3O4/c24-19(22-11-14-3-4-17-18(10-14)27-13-26-17)15-5-8-23(9-6-15)20(25)16-2-1-7-21-12-16/h1-4,7,10,12,15H,5-6,8-9,11,13H2,(H,22,24). The number of rotatable bonds is 4. The molecule has 0 atom stereocenters. The van der Waals surface area contributed by atoms with Crippen LogP contribution in [0.5, 0.6) is 11.5 Å². The van der Waals surface area contributed by atoms with Gasteiger partial charge >= 0.3 is 0 Å². The zero-order valence-corrected chi connectivity index (χ0v) is 14.9. The molecule has 2 aromatic rings. The van der Waals surface area contributed by atoms with E-state index in [4.69, 9.17) is 9.47 Å². The van der Waals surface area contributed by atoms with Gasteiger partial charge in [-0.25, -0.2) is 0 Å². The highest BCUT2D eigenvalue weighted by atomic mass is 16.7. The molecule has 0 saturated carbocycles. The van der Waals surface area contributed by atoms with Crippen molar-refractivity contribution in [1.82, 2.24) is 15.2 Å². The molecule has 0 radical (unpaired) electrons. The van der Waals surface area contributed by atoms with E-state index in [0.29, 0.717) is 43.8 Å². The van der Waals surface area contributed by atoms with Crippen molar-refractivity contribution < 1.29 is 19.1 Å². The van der Waals surface area contributed by atoms with E-state index in [-0.39, 0.29) is 24.5 Å². The average Bonchev–Trinajstić information content (AvgIpc) is 3.20.